The Hall–Kier alpha value is -5.02. The highest BCUT2D eigenvalue weighted by molar-refractivity contribution is 14.0. The van der Waals surface area contributed by atoms with Crippen LogP contribution in [-0.2, 0) is 12.4 Å². The number of benzene rings is 4. The van der Waals surface area contributed by atoms with Crippen LogP contribution in [0.5, 0.6) is 11.5 Å². The number of amides is 1. The first kappa shape index (κ1) is 42.1. The number of aromatic amines is 1. The second-order valence-corrected chi connectivity index (χ2v) is 10.8. The molecule has 1 heterocycles. The number of nitrogens with two attached hydrogens (primary N) is 2. The molecule has 0 aliphatic heterocycles. The Labute approximate surface area is 308 Å². The molecule has 11 nitrogen and oxygen atoms in total. The molecule has 19 heteroatoms. The minimum absolute atomic E-state index is 0. The number of H-pyrrole nitrogens is 1. The fourth-order valence-electron chi connectivity index (χ4n) is 3.82. The van der Waals surface area contributed by atoms with Gasteiger partial charge in [0.1, 0.15) is 11.5 Å². The average molecular weight is 849 g/mol. The summed E-state index contributed by atoms with van der Waals surface area (Å²) >= 11 is 1.18. The van der Waals surface area contributed by atoms with Crippen LogP contribution < -0.4 is 22.3 Å². The SMILES string of the molecule is CSC(N)=Nc1cccc(C(F)(F)F)c1.Cc1ccc(Nc2n[nH]c(-c3ccc(O)cc3)n2)cc1C(F)(F)F.I.NNC(=O)c1ccc(O)cc1. The summed E-state index contributed by atoms with van der Waals surface area (Å²) in [6, 6.07) is 20.8. The van der Waals surface area contributed by atoms with Gasteiger partial charge in [0, 0.05) is 16.8 Å². The van der Waals surface area contributed by atoms with Gasteiger partial charge in [0.05, 0.1) is 16.8 Å². The number of rotatable bonds is 5. The number of phenolic OH excluding ortho intramolecular Hbond substituents is 2. The van der Waals surface area contributed by atoms with Crippen molar-refractivity contribution < 1.29 is 41.4 Å². The number of nitrogen functional groups attached to an aromatic ring is 1. The number of anilines is 2. The van der Waals surface area contributed by atoms with Crippen LogP contribution in [0.2, 0.25) is 0 Å². The number of hydrazine groups is 1. The minimum Gasteiger partial charge on any atom is -0.508 e. The molecule has 0 aliphatic carbocycles. The molecule has 0 spiro atoms. The van der Waals surface area contributed by atoms with E-state index in [1.54, 1.807) is 18.4 Å². The zero-order valence-electron chi connectivity index (χ0n) is 26.5. The Morgan fingerprint density at radius 3 is 2.04 bits per heavy atom. The van der Waals surface area contributed by atoms with E-state index in [0.717, 1.165) is 18.2 Å². The normalized spacial score (nSPS) is 11.2. The predicted octanol–water partition coefficient (Wildman–Crippen LogP) is 7.88. The van der Waals surface area contributed by atoms with Gasteiger partial charge in [-0.05, 0) is 97.6 Å². The van der Waals surface area contributed by atoms with E-state index in [0.29, 0.717) is 17.0 Å². The Kier molecular flexibility index (Phi) is 15.6. The fraction of sp³-hybridized carbons (Fsp3) is 0.125. The molecule has 0 aliphatic rings. The molecule has 4 aromatic carbocycles. The molecule has 5 rings (SSSR count). The van der Waals surface area contributed by atoms with Gasteiger partial charge in [0.15, 0.2) is 11.0 Å². The molecule has 0 unspecified atom stereocenters. The van der Waals surface area contributed by atoms with Crippen LogP contribution in [-0.4, -0.2) is 42.7 Å². The van der Waals surface area contributed by atoms with E-state index in [1.165, 1.54) is 79.3 Å². The molecule has 5 aromatic rings. The Morgan fingerprint density at radius 1 is 0.882 bits per heavy atom. The van der Waals surface area contributed by atoms with Crippen LogP contribution in [0.1, 0.15) is 27.0 Å². The summed E-state index contributed by atoms with van der Waals surface area (Å²) in [4.78, 5) is 18.8. The second-order valence-electron chi connectivity index (χ2n) is 9.93. The first-order valence-corrected chi connectivity index (χ1v) is 15.2. The van der Waals surface area contributed by atoms with Gasteiger partial charge in [-0.3, -0.25) is 15.3 Å². The smallest absolute Gasteiger partial charge is 0.416 e. The van der Waals surface area contributed by atoms with E-state index in [4.69, 9.17) is 16.7 Å². The summed E-state index contributed by atoms with van der Waals surface area (Å²) in [5.41, 5.74) is 7.65. The lowest BCUT2D eigenvalue weighted by Gasteiger charge is -2.12. The fourth-order valence-corrected chi connectivity index (χ4v) is 4.02. The number of carbonyl (C=O) groups excluding carboxylic acids is 1. The van der Waals surface area contributed by atoms with Crippen molar-refractivity contribution in [1.29, 1.82) is 0 Å². The number of carbonyl (C=O) groups is 1. The summed E-state index contributed by atoms with van der Waals surface area (Å²) < 4.78 is 75.7. The standard InChI is InChI=1S/C16H13F3N4O.C9H9F3N2S.C7H8N2O2.HI/c1-9-2-5-11(8-13(9)16(17,18)19)20-15-21-14(22-23-15)10-3-6-12(24)7-4-10;1-15-8(13)14-7-4-2-3-6(5-7)9(10,11)12;8-9-7(11)5-1-3-6(10)4-2-5;/h2-8,24H,1H3,(H2,20,21,22,23);2-5H,1H3,(H2,13,14);1-4,10H,8H2,(H,9,11);1H. The van der Waals surface area contributed by atoms with Gasteiger partial charge in [0.25, 0.3) is 5.91 Å². The van der Waals surface area contributed by atoms with Crippen molar-refractivity contribution in [3.05, 3.63) is 113 Å². The van der Waals surface area contributed by atoms with Gasteiger partial charge < -0.3 is 21.3 Å². The number of hydrogen-bond acceptors (Lipinski definition) is 9. The topological polar surface area (TPSA) is 188 Å². The maximum atomic E-state index is 12.9. The third-order valence-electron chi connectivity index (χ3n) is 6.31. The van der Waals surface area contributed by atoms with E-state index in [1.807, 2.05) is 5.43 Å². The van der Waals surface area contributed by atoms with Gasteiger partial charge in [0.2, 0.25) is 5.95 Å². The van der Waals surface area contributed by atoms with E-state index in [-0.39, 0.29) is 69.4 Å². The zero-order chi connectivity index (χ0) is 37.1. The molecule has 0 atom stereocenters. The summed E-state index contributed by atoms with van der Waals surface area (Å²) in [7, 11) is 0. The van der Waals surface area contributed by atoms with Crippen LogP contribution in [0.25, 0.3) is 11.4 Å². The highest BCUT2D eigenvalue weighted by Gasteiger charge is 2.32. The number of amidine groups is 1. The van der Waals surface area contributed by atoms with Crippen LogP contribution in [0.4, 0.5) is 43.7 Å². The average Bonchev–Trinajstić information content (AvgIpc) is 3.54. The van der Waals surface area contributed by atoms with Crippen molar-refractivity contribution >= 4 is 64.1 Å². The van der Waals surface area contributed by atoms with Gasteiger partial charge >= 0.3 is 12.4 Å². The first-order chi connectivity index (χ1) is 23.5. The number of halogens is 7. The van der Waals surface area contributed by atoms with Crippen molar-refractivity contribution in [3.8, 4) is 22.9 Å². The number of hydrogen-bond donors (Lipinski definition) is 7. The highest BCUT2D eigenvalue weighted by Crippen LogP contribution is 2.34. The molecule has 1 aromatic heterocycles. The highest BCUT2D eigenvalue weighted by atomic mass is 127. The molecule has 9 N–H and O–H groups in total. The van der Waals surface area contributed by atoms with Gasteiger partial charge in [-0.2, -0.15) is 31.3 Å². The predicted molar refractivity (Wildman–Crippen MR) is 194 cm³/mol. The van der Waals surface area contributed by atoms with Gasteiger partial charge in [-0.25, -0.2) is 10.8 Å². The lowest BCUT2D eigenvalue weighted by atomic mass is 10.1. The number of aryl methyl sites for hydroxylation is 1. The lowest BCUT2D eigenvalue weighted by Crippen LogP contribution is -2.29. The number of alkyl halides is 6. The number of nitrogens with zero attached hydrogens (tertiary/aromatic N) is 3. The van der Waals surface area contributed by atoms with E-state index in [2.05, 4.69) is 25.5 Å². The number of aromatic hydroxyl groups is 2. The molecule has 1 amide bonds. The Bertz CT molecular complexity index is 1910. The lowest BCUT2D eigenvalue weighted by molar-refractivity contribution is -0.138. The van der Waals surface area contributed by atoms with E-state index < -0.39 is 23.5 Å². The van der Waals surface area contributed by atoms with Crippen molar-refractivity contribution in [3.63, 3.8) is 0 Å². The monoisotopic (exact) mass is 848 g/mol. The van der Waals surface area contributed by atoms with Crippen LogP contribution in [0.15, 0.2) is 96.0 Å². The third-order valence-corrected chi connectivity index (χ3v) is 6.82. The maximum absolute atomic E-state index is 12.9. The molecular formula is C32H31F6IN8O3S. The van der Waals surface area contributed by atoms with E-state index in [9.17, 15) is 36.2 Å². The number of phenols is 2. The molecule has 0 fully saturated rings. The van der Waals surface area contributed by atoms with Crippen LogP contribution >= 0.6 is 35.7 Å². The van der Waals surface area contributed by atoms with Crippen LogP contribution in [0, 0.1) is 6.92 Å². The summed E-state index contributed by atoms with van der Waals surface area (Å²) in [6.45, 7) is 1.41. The largest absolute Gasteiger partial charge is 0.508 e. The second kappa shape index (κ2) is 18.8. The minimum atomic E-state index is -4.42. The Morgan fingerprint density at radius 2 is 1.49 bits per heavy atom. The molecule has 0 radical (unpaired) electrons. The first-order valence-electron chi connectivity index (χ1n) is 14.0. The van der Waals surface area contributed by atoms with Crippen molar-refractivity contribution in [1.82, 2.24) is 20.6 Å². The quantitative estimate of drug-likeness (QED) is 0.0176. The molecule has 0 saturated carbocycles. The third kappa shape index (κ3) is 13.3. The molecule has 51 heavy (non-hydrogen) atoms. The van der Waals surface area contributed by atoms with Crippen LogP contribution in [0.3, 0.4) is 0 Å². The van der Waals surface area contributed by atoms with Gasteiger partial charge in [-0.15, -0.1) is 29.1 Å². The van der Waals surface area contributed by atoms with Crippen molar-refractivity contribution in [2.45, 2.75) is 19.3 Å². The van der Waals surface area contributed by atoms with Gasteiger partial charge in [-0.1, -0.05) is 23.9 Å². The Balaban J connectivity index is 0.000000287. The summed E-state index contributed by atoms with van der Waals surface area (Å²) in [6.07, 6.45) is -7.07. The maximum Gasteiger partial charge on any atom is 0.416 e. The number of thioether (sulfide) groups is 1. The number of aromatic nitrogens is 3. The molecule has 0 saturated heterocycles. The number of nitrogens with one attached hydrogen (secondary N) is 3. The molecule has 0 bridgehead atoms. The van der Waals surface area contributed by atoms with Crippen molar-refractivity contribution in [2.24, 2.45) is 16.6 Å². The number of aliphatic imine (C=N–C) groups is 1. The van der Waals surface area contributed by atoms with E-state index >= 15 is 0 Å². The zero-order valence-corrected chi connectivity index (χ0v) is 29.7. The molecule has 272 valence electrons. The molecular weight excluding hydrogens is 817 g/mol. The summed E-state index contributed by atoms with van der Waals surface area (Å²) in [5.74, 6) is 5.33. The van der Waals surface area contributed by atoms with Crippen molar-refractivity contribution in [2.75, 3.05) is 11.6 Å². The summed E-state index contributed by atoms with van der Waals surface area (Å²) in [5, 5.41) is 27.7.